The first-order valence-corrected chi connectivity index (χ1v) is 12.4. The molecule has 0 unspecified atom stereocenters. The highest BCUT2D eigenvalue weighted by atomic mass is 32.2. The number of aliphatic imine (C=N–C) groups is 1. The van der Waals surface area contributed by atoms with E-state index in [0.717, 1.165) is 16.4 Å². The fourth-order valence-electron chi connectivity index (χ4n) is 4.05. The van der Waals surface area contributed by atoms with Crippen LogP contribution in [0, 0.1) is 0 Å². The third-order valence-corrected chi connectivity index (χ3v) is 6.74. The number of benzene rings is 1. The Hall–Kier alpha value is -3.52. The van der Waals surface area contributed by atoms with Gasteiger partial charge in [-0.3, -0.25) is 4.79 Å². The van der Waals surface area contributed by atoms with E-state index in [0.29, 0.717) is 29.5 Å². The summed E-state index contributed by atoms with van der Waals surface area (Å²) in [4.78, 5) is 32.6. The van der Waals surface area contributed by atoms with Crippen LogP contribution in [0.25, 0.3) is 0 Å². The summed E-state index contributed by atoms with van der Waals surface area (Å²) in [6.45, 7) is 10.2. The average molecular weight is 492 g/mol. The first-order valence-electron chi connectivity index (χ1n) is 11.5. The summed E-state index contributed by atoms with van der Waals surface area (Å²) < 4.78 is 10.7. The molecule has 0 aliphatic carbocycles. The van der Waals surface area contributed by atoms with E-state index in [-0.39, 0.29) is 18.9 Å². The topological polar surface area (TPSA) is 84.1 Å². The highest BCUT2D eigenvalue weighted by Gasteiger charge is 2.41. The van der Waals surface area contributed by atoms with Gasteiger partial charge in [-0.05, 0) is 41.5 Å². The summed E-state index contributed by atoms with van der Waals surface area (Å²) >= 11 is 1.45. The molecule has 0 fully saturated rings. The maximum atomic E-state index is 13.1. The van der Waals surface area contributed by atoms with Crippen LogP contribution >= 0.6 is 11.8 Å². The van der Waals surface area contributed by atoms with Gasteiger partial charge in [0.15, 0.2) is 5.17 Å². The van der Waals surface area contributed by atoms with Gasteiger partial charge in [-0.15, -0.1) is 0 Å². The first-order chi connectivity index (χ1) is 16.9. The van der Waals surface area contributed by atoms with Crippen molar-refractivity contribution >= 4 is 28.8 Å². The standard InChI is InChI=1S/C27H29N3O4S/c1-5-12-34-26(32)24-18(4)29-27-30(25(24)20-10-8-19(9-11-20)17(2)3)21(16-35-27)14-23(31)28-15-22-7-6-13-33-22/h5-11,13,16-17,25H,1,12,14-15H2,2-4H3,(H,28,31)/t25-/m0/s1. The summed E-state index contributed by atoms with van der Waals surface area (Å²) in [5.74, 6) is 0.479. The first kappa shape index (κ1) is 24.6. The molecule has 1 aromatic heterocycles. The van der Waals surface area contributed by atoms with Gasteiger partial charge in [0.25, 0.3) is 0 Å². The third-order valence-electron chi connectivity index (χ3n) is 5.85. The molecule has 182 valence electrons. The molecule has 3 heterocycles. The quantitative estimate of drug-likeness (QED) is 0.373. The van der Waals surface area contributed by atoms with Crippen molar-refractivity contribution in [3.8, 4) is 0 Å². The van der Waals surface area contributed by atoms with E-state index in [4.69, 9.17) is 9.15 Å². The zero-order chi connectivity index (χ0) is 24.9. The number of allylic oxidation sites excluding steroid dienone is 1. The Bertz CT molecular complexity index is 1190. The van der Waals surface area contributed by atoms with Crippen molar-refractivity contribution in [2.24, 2.45) is 4.99 Å². The smallest absolute Gasteiger partial charge is 0.338 e. The molecule has 35 heavy (non-hydrogen) atoms. The minimum atomic E-state index is -0.458. The molecular weight excluding hydrogens is 462 g/mol. The second kappa shape index (κ2) is 10.8. The number of furan rings is 1. The lowest BCUT2D eigenvalue weighted by atomic mass is 9.92. The summed E-state index contributed by atoms with van der Waals surface area (Å²) in [7, 11) is 0. The normalized spacial score (nSPS) is 17.1. The van der Waals surface area contributed by atoms with Crippen molar-refractivity contribution in [2.75, 3.05) is 6.61 Å². The molecule has 8 heteroatoms. The van der Waals surface area contributed by atoms with Crippen LogP contribution in [0.5, 0.6) is 0 Å². The van der Waals surface area contributed by atoms with Crippen LogP contribution in [0.1, 0.15) is 56.0 Å². The van der Waals surface area contributed by atoms with Gasteiger partial charge >= 0.3 is 5.97 Å². The van der Waals surface area contributed by atoms with Gasteiger partial charge in [0.2, 0.25) is 5.91 Å². The van der Waals surface area contributed by atoms with Gasteiger partial charge in [0.1, 0.15) is 12.4 Å². The summed E-state index contributed by atoms with van der Waals surface area (Å²) in [6, 6.07) is 11.4. The molecule has 1 amide bonds. The van der Waals surface area contributed by atoms with Crippen LogP contribution in [0.3, 0.4) is 0 Å². The summed E-state index contributed by atoms with van der Waals surface area (Å²) in [5.41, 5.74) is 3.96. The van der Waals surface area contributed by atoms with Gasteiger partial charge in [-0.2, -0.15) is 0 Å². The number of hydrogen-bond donors (Lipinski definition) is 1. The number of esters is 1. The summed E-state index contributed by atoms with van der Waals surface area (Å²) in [6.07, 6.45) is 3.25. The number of rotatable bonds is 9. The van der Waals surface area contributed by atoms with Crippen LogP contribution in [-0.4, -0.2) is 28.6 Å². The van der Waals surface area contributed by atoms with Gasteiger partial charge in [-0.1, -0.05) is 62.5 Å². The number of nitrogens with zero attached hydrogens (tertiary/aromatic N) is 2. The van der Waals surface area contributed by atoms with Crippen LogP contribution in [-0.2, 0) is 20.9 Å². The number of amides is 1. The van der Waals surface area contributed by atoms with E-state index in [9.17, 15) is 9.59 Å². The van der Waals surface area contributed by atoms with E-state index in [1.807, 2.05) is 35.4 Å². The van der Waals surface area contributed by atoms with Crippen LogP contribution in [0.4, 0.5) is 0 Å². The van der Waals surface area contributed by atoms with Gasteiger partial charge in [-0.25, -0.2) is 9.79 Å². The molecule has 1 N–H and O–H groups in total. The van der Waals surface area contributed by atoms with Crippen molar-refractivity contribution in [3.63, 3.8) is 0 Å². The zero-order valence-corrected chi connectivity index (χ0v) is 20.9. The molecule has 7 nitrogen and oxygen atoms in total. The second-order valence-electron chi connectivity index (χ2n) is 8.63. The number of fused-ring (bicyclic) bond motifs is 1. The number of carbonyl (C=O) groups is 2. The maximum absolute atomic E-state index is 13.1. The average Bonchev–Trinajstić information content (AvgIpc) is 3.50. The largest absolute Gasteiger partial charge is 0.467 e. The number of ether oxygens (including phenoxy) is 1. The lowest BCUT2D eigenvalue weighted by Crippen LogP contribution is -2.38. The molecule has 0 saturated heterocycles. The number of carbonyl (C=O) groups excluding carboxylic acids is 2. The van der Waals surface area contributed by atoms with Crippen molar-refractivity contribution in [2.45, 2.75) is 45.7 Å². The highest BCUT2D eigenvalue weighted by molar-refractivity contribution is 8.16. The number of hydrogen-bond acceptors (Lipinski definition) is 7. The molecular formula is C27H29N3O4S. The zero-order valence-electron chi connectivity index (χ0n) is 20.1. The lowest BCUT2D eigenvalue weighted by molar-refractivity contribution is -0.138. The van der Waals surface area contributed by atoms with E-state index >= 15 is 0 Å². The fraction of sp³-hybridized carbons (Fsp3) is 0.296. The molecule has 0 saturated carbocycles. The predicted octanol–water partition coefficient (Wildman–Crippen LogP) is 5.41. The Labute approximate surface area is 209 Å². The molecule has 2 aliphatic rings. The minimum absolute atomic E-state index is 0.109. The Morgan fingerprint density at radius 2 is 2.06 bits per heavy atom. The second-order valence-corrected chi connectivity index (χ2v) is 9.47. The molecule has 0 spiro atoms. The van der Waals surface area contributed by atoms with Crippen molar-refractivity contribution < 1.29 is 18.7 Å². The molecule has 1 atom stereocenters. The molecule has 1 aromatic carbocycles. The summed E-state index contributed by atoms with van der Waals surface area (Å²) in [5, 5.41) is 5.54. The van der Waals surface area contributed by atoms with Gasteiger partial charge in [0.05, 0.1) is 36.5 Å². The van der Waals surface area contributed by atoms with Crippen molar-refractivity contribution in [1.29, 1.82) is 0 Å². The Balaban J connectivity index is 1.64. The van der Waals surface area contributed by atoms with Crippen molar-refractivity contribution in [3.05, 3.63) is 94.6 Å². The predicted molar refractivity (Wildman–Crippen MR) is 137 cm³/mol. The van der Waals surface area contributed by atoms with E-state index < -0.39 is 12.0 Å². The van der Waals surface area contributed by atoms with E-state index in [1.165, 1.54) is 23.4 Å². The fourth-order valence-corrected chi connectivity index (χ4v) is 5.01. The van der Waals surface area contributed by atoms with Gasteiger partial charge < -0.3 is 19.4 Å². The molecule has 2 aliphatic heterocycles. The SMILES string of the molecule is C=CCOC(=O)C1=C(C)N=C2SC=C(CC(=O)NCc3ccco3)N2[C@H]1c1ccc(C(C)C)cc1. The molecule has 0 radical (unpaired) electrons. The van der Waals surface area contributed by atoms with Crippen LogP contribution < -0.4 is 5.32 Å². The molecule has 0 bridgehead atoms. The Morgan fingerprint density at radius 1 is 1.29 bits per heavy atom. The Morgan fingerprint density at radius 3 is 2.71 bits per heavy atom. The third kappa shape index (κ3) is 5.43. The van der Waals surface area contributed by atoms with E-state index in [1.54, 1.807) is 12.3 Å². The van der Waals surface area contributed by atoms with Crippen molar-refractivity contribution in [1.82, 2.24) is 10.2 Å². The monoisotopic (exact) mass is 491 g/mol. The maximum Gasteiger partial charge on any atom is 0.338 e. The molecule has 4 rings (SSSR count). The Kier molecular flexibility index (Phi) is 7.60. The van der Waals surface area contributed by atoms with E-state index in [2.05, 4.69) is 42.9 Å². The number of thioether (sulfide) groups is 1. The van der Waals surface area contributed by atoms with Crippen LogP contribution in [0.15, 0.2) is 87.1 Å². The lowest BCUT2D eigenvalue weighted by Gasteiger charge is -2.36. The van der Waals surface area contributed by atoms with Crippen LogP contribution in [0.2, 0.25) is 0 Å². The highest BCUT2D eigenvalue weighted by Crippen LogP contribution is 2.45. The molecule has 2 aromatic rings. The number of amidine groups is 1. The number of nitrogens with one attached hydrogen (secondary N) is 1. The minimum Gasteiger partial charge on any atom is -0.467 e. The van der Waals surface area contributed by atoms with Gasteiger partial charge in [0, 0.05) is 5.70 Å².